The second kappa shape index (κ2) is 6.71. The highest BCUT2D eigenvalue weighted by Crippen LogP contribution is 2.32. The maximum Gasteiger partial charge on any atom is 0.416 e. The number of nitrogens with one attached hydrogen (secondary N) is 1. The number of hydrogen-bond acceptors (Lipinski definition) is 3. The standard InChI is InChI=1S/C13H17F3N2O2/c1-8-3-4-9(13(14,15)16)7-11(8)18-12(19)10(17)5-6-20-2/h3-4,7,10H,5-6,17H2,1-2H3,(H,18,19). The van der Waals surface area contributed by atoms with Crippen molar-refractivity contribution < 1.29 is 22.7 Å². The molecule has 0 heterocycles. The number of rotatable bonds is 5. The molecule has 0 saturated carbocycles. The minimum atomic E-state index is -4.45. The van der Waals surface area contributed by atoms with E-state index in [1.165, 1.54) is 13.2 Å². The summed E-state index contributed by atoms with van der Waals surface area (Å²) >= 11 is 0. The molecule has 112 valence electrons. The lowest BCUT2D eigenvalue weighted by molar-refractivity contribution is -0.137. The van der Waals surface area contributed by atoms with Gasteiger partial charge in [0.2, 0.25) is 5.91 Å². The fourth-order valence-electron chi connectivity index (χ4n) is 1.53. The summed E-state index contributed by atoms with van der Waals surface area (Å²) in [6, 6.07) is 2.34. The van der Waals surface area contributed by atoms with Gasteiger partial charge in [0.15, 0.2) is 0 Å². The van der Waals surface area contributed by atoms with E-state index in [-0.39, 0.29) is 5.69 Å². The second-order valence-electron chi connectivity index (χ2n) is 4.40. The summed E-state index contributed by atoms with van der Waals surface area (Å²) in [5, 5.41) is 2.41. The van der Waals surface area contributed by atoms with Crippen molar-refractivity contribution in [3.63, 3.8) is 0 Å². The lowest BCUT2D eigenvalue weighted by Crippen LogP contribution is -2.36. The molecule has 1 amide bonds. The van der Waals surface area contributed by atoms with Gasteiger partial charge in [-0.05, 0) is 31.0 Å². The third-order valence-corrected chi connectivity index (χ3v) is 2.79. The van der Waals surface area contributed by atoms with Crippen molar-refractivity contribution in [3.8, 4) is 0 Å². The van der Waals surface area contributed by atoms with Gasteiger partial charge in [-0.3, -0.25) is 4.79 Å². The Hall–Kier alpha value is -1.60. The van der Waals surface area contributed by atoms with Crippen LogP contribution in [-0.2, 0) is 15.7 Å². The Balaban J connectivity index is 2.84. The number of ether oxygens (including phenoxy) is 1. The molecule has 1 atom stereocenters. The molecule has 0 radical (unpaired) electrons. The normalized spacial score (nSPS) is 13.1. The van der Waals surface area contributed by atoms with Crippen LogP contribution in [0.15, 0.2) is 18.2 Å². The second-order valence-corrected chi connectivity index (χ2v) is 4.40. The van der Waals surface area contributed by atoms with E-state index in [1.807, 2.05) is 0 Å². The van der Waals surface area contributed by atoms with Crippen LogP contribution in [0.3, 0.4) is 0 Å². The Bertz CT molecular complexity index is 475. The van der Waals surface area contributed by atoms with Crippen LogP contribution in [0.1, 0.15) is 17.5 Å². The molecular weight excluding hydrogens is 273 g/mol. The van der Waals surface area contributed by atoms with Crippen molar-refractivity contribution in [2.45, 2.75) is 25.6 Å². The highest BCUT2D eigenvalue weighted by Gasteiger charge is 2.31. The van der Waals surface area contributed by atoms with E-state index >= 15 is 0 Å². The van der Waals surface area contributed by atoms with Gasteiger partial charge in [-0.2, -0.15) is 13.2 Å². The number of benzene rings is 1. The number of anilines is 1. The Labute approximate surface area is 115 Å². The number of hydrogen-bond donors (Lipinski definition) is 2. The largest absolute Gasteiger partial charge is 0.416 e. The van der Waals surface area contributed by atoms with Crippen molar-refractivity contribution in [1.29, 1.82) is 0 Å². The van der Waals surface area contributed by atoms with Gasteiger partial charge in [0.25, 0.3) is 0 Å². The molecule has 4 nitrogen and oxygen atoms in total. The number of amides is 1. The molecule has 0 aliphatic heterocycles. The third kappa shape index (κ3) is 4.50. The zero-order valence-electron chi connectivity index (χ0n) is 11.3. The summed E-state index contributed by atoms with van der Waals surface area (Å²) in [6.07, 6.45) is -4.16. The molecule has 3 N–H and O–H groups in total. The number of carbonyl (C=O) groups excluding carboxylic acids is 1. The smallest absolute Gasteiger partial charge is 0.385 e. The number of aryl methyl sites for hydroxylation is 1. The lowest BCUT2D eigenvalue weighted by atomic mass is 10.1. The minimum absolute atomic E-state index is 0.109. The molecule has 0 aromatic heterocycles. The SMILES string of the molecule is COCCC(N)C(=O)Nc1cc(C(F)(F)F)ccc1C. The average molecular weight is 290 g/mol. The van der Waals surface area contributed by atoms with Crippen molar-refractivity contribution in [2.24, 2.45) is 5.73 Å². The van der Waals surface area contributed by atoms with Crippen LogP contribution in [0.25, 0.3) is 0 Å². The molecule has 0 aliphatic rings. The summed E-state index contributed by atoms with van der Waals surface area (Å²) in [5.41, 5.74) is 5.44. The van der Waals surface area contributed by atoms with Crippen LogP contribution in [0.4, 0.5) is 18.9 Å². The van der Waals surface area contributed by atoms with Crippen LogP contribution in [-0.4, -0.2) is 25.7 Å². The van der Waals surface area contributed by atoms with Gasteiger partial charge in [0, 0.05) is 19.4 Å². The molecule has 1 aromatic rings. The zero-order chi connectivity index (χ0) is 15.3. The van der Waals surface area contributed by atoms with E-state index in [9.17, 15) is 18.0 Å². The molecule has 0 saturated heterocycles. The van der Waals surface area contributed by atoms with Gasteiger partial charge < -0.3 is 15.8 Å². The highest BCUT2D eigenvalue weighted by molar-refractivity contribution is 5.95. The van der Waals surface area contributed by atoms with Crippen molar-refractivity contribution >= 4 is 11.6 Å². The van der Waals surface area contributed by atoms with Gasteiger partial charge in [-0.15, -0.1) is 0 Å². The summed E-state index contributed by atoms with van der Waals surface area (Å²) in [4.78, 5) is 11.8. The van der Waals surface area contributed by atoms with Gasteiger partial charge in [-0.1, -0.05) is 6.07 Å². The minimum Gasteiger partial charge on any atom is -0.385 e. The van der Waals surface area contributed by atoms with Crippen LogP contribution in [0, 0.1) is 6.92 Å². The first-order valence-corrected chi connectivity index (χ1v) is 5.99. The predicted octanol–water partition coefficient (Wildman–Crippen LogP) is 2.32. The van der Waals surface area contributed by atoms with Crippen molar-refractivity contribution in [3.05, 3.63) is 29.3 Å². The molecule has 0 bridgehead atoms. The Morgan fingerprint density at radius 1 is 1.45 bits per heavy atom. The first-order chi connectivity index (χ1) is 9.25. The molecule has 0 spiro atoms. The molecular formula is C13H17F3N2O2. The Morgan fingerprint density at radius 3 is 2.65 bits per heavy atom. The summed E-state index contributed by atoms with van der Waals surface area (Å²) in [5.74, 6) is -0.538. The van der Waals surface area contributed by atoms with E-state index in [0.29, 0.717) is 18.6 Å². The summed E-state index contributed by atoms with van der Waals surface area (Å²) < 4.78 is 42.6. The number of methoxy groups -OCH3 is 1. The molecule has 0 fully saturated rings. The average Bonchev–Trinajstić information content (AvgIpc) is 2.37. The Kier molecular flexibility index (Phi) is 5.52. The van der Waals surface area contributed by atoms with Crippen LogP contribution >= 0.6 is 0 Å². The maximum atomic E-state index is 12.6. The quantitative estimate of drug-likeness (QED) is 0.874. The van der Waals surface area contributed by atoms with E-state index in [2.05, 4.69) is 5.32 Å². The first kappa shape index (κ1) is 16.5. The molecule has 1 rings (SSSR count). The van der Waals surface area contributed by atoms with Crippen LogP contribution < -0.4 is 11.1 Å². The number of carbonyl (C=O) groups is 1. The van der Waals surface area contributed by atoms with Gasteiger partial charge >= 0.3 is 6.18 Å². The Morgan fingerprint density at radius 2 is 2.10 bits per heavy atom. The maximum absolute atomic E-state index is 12.6. The van der Waals surface area contributed by atoms with E-state index in [1.54, 1.807) is 6.92 Å². The number of alkyl halides is 3. The van der Waals surface area contributed by atoms with Crippen LogP contribution in [0.2, 0.25) is 0 Å². The van der Waals surface area contributed by atoms with E-state index in [4.69, 9.17) is 10.5 Å². The summed E-state index contributed by atoms with van der Waals surface area (Å²) in [7, 11) is 1.47. The topological polar surface area (TPSA) is 64.3 Å². The third-order valence-electron chi connectivity index (χ3n) is 2.79. The van der Waals surface area contributed by atoms with Crippen molar-refractivity contribution in [2.75, 3.05) is 19.0 Å². The molecule has 1 unspecified atom stereocenters. The zero-order valence-corrected chi connectivity index (χ0v) is 11.3. The lowest BCUT2D eigenvalue weighted by Gasteiger charge is -2.15. The monoisotopic (exact) mass is 290 g/mol. The molecule has 0 aliphatic carbocycles. The number of nitrogens with two attached hydrogens (primary N) is 1. The highest BCUT2D eigenvalue weighted by atomic mass is 19.4. The number of halogens is 3. The predicted molar refractivity (Wildman–Crippen MR) is 69.3 cm³/mol. The first-order valence-electron chi connectivity index (χ1n) is 5.99. The fourth-order valence-corrected chi connectivity index (χ4v) is 1.53. The van der Waals surface area contributed by atoms with E-state index < -0.39 is 23.7 Å². The van der Waals surface area contributed by atoms with Crippen LogP contribution in [0.5, 0.6) is 0 Å². The van der Waals surface area contributed by atoms with Gasteiger partial charge in [0.1, 0.15) is 0 Å². The van der Waals surface area contributed by atoms with Gasteiger partial charge in [-0.25, -0.2) is 0 Å². The summed E-state index contributed by atoms with van der Waals surface area (Å²) in [6.45, 7) is 1.91. The molecule has 1 aromatic carbocycles. The van der Waals surface area contributed by atoms with E-state index in [0.717, 1.165) is 12.1 Å². The molecule has 7 heteroatoms. The van der Waals surface area contributed by atoms with Crippen molar-refractivity contribution in [1.82, 2.24) is 0 Å². The van der Waals surface area contributed by atoms with Gasteiger partial charge in [0.05, 0.1) is 11.6 Å². The fraction of sp³-hybridized carbons (Fsp3) is 0.462. The molecule has 20 heavy (non-hydrogen) atoms.